The van der Waals surface area contributed by atoms with Crippen molar-refractivity contribution in [2.75, 3.05) is 33.9 Å². The molecule has 2 amide bonds. The molecule has 2 aromatic heterocycles. The van der Waals surface area contributed by atoms with Crippen LogP contribution >= 0.6 is 11.3 Å². The molecule has 0 saturated heterocycles. The Bertz CT molecular complexity index is 1360. The molecule has 0 spiro atoms. The number of carbonyl (C=O) groups is 2. The number of methoxy groups -OCH3 is 2. The topological polar surface area (TPSA) is 74.9 Å². The molecular formula is C30H35N3O4S. The summed E-state index contributed by atoms with van der Waals surface area (Å²) < 4.78 is 10.9. The molecule has 7 nitrogen and oxygen atoms in total. The average molecular weight is 534 g/mol. The third-order valence-electron chi connectivity index (χ3n) is 6.43. The van der Waals surface area contributed by atoms with E-state index in [0.717, 1.165) is 22.0 Å². The van der Waals surface area contributed by atoms with Crippen LogP contribution in [0.15, 0.2) is 66.2 Å². The Kier molecular flexibility index (Phi) is 9.07. The van der Waals surface area contributed by atoms with E-state index in [0.29, 0.717) is 42.4 Å². The quantitative estimate of drug-likeness (QED) is 0.257. The van der Waals surface area contributed by atoms with Gasteiger partial charge in [0.15, 0.2) is 11.5 Å². The van der Waals surface area contributed by atoms with Crippen LogP contribution in [0.2, 0.25) is 0 Å². The molecule has 0 fully saturated rings. The summed E-state index contributed by atoms with van der Waals surface area (Å²) in [4.78, 5) is 34.5. The van der Waals surface area contributed by atoms with E-state index in [2.05, 4.69) is 24.9 Å². The number of fused-ring (bicyclic) bond motifs is 1. The molecule has 4 rings (SSSR count). The number of ether oxygens (including phenoxy) is 2. The summed E-state index contributed by atoms with van der Waals surface area (Å²) in [5, 5.41) is 3.04. The summed E-state index contributed by atoms with van der Waals surface area (Å²) in [6.45, 7) is 5.54. The molecule has 4 aromatic rings. The maximum atomic E-state index is 13.8. The molecular weight excluding hydrogens is 498 g/mol. The lowest BCUT2D eigenvalue weighted by Gasteiger charge is -2.29. The first-order valence-corrected chi connectivity index (χ1v) is 13.6. The fourth-order valence-corrected chi connectivity index (χ4v) is 5.26. The van der Waals surface area contributed by atoms with Gasteiger partial charge in [0.1, 0.15) is 6.54 Å². The minimum atomic E-state index is -0.107. The Hall–Kier alpha value is -3.78. The molecule has 200 valence electrons. The molecule has 0 bridgehead atoms. The minimum absolute atomic E-state index is 0.0239. The van der Waals surface area contributed by atoms with Crippen LogP contribution in [0.3, 0.4) is 0 Å². The number of nitrogens with zero attached hydrogens (tertiary/aromatic N) is 2. The number of aromatic amines is 1. The molecule has 38 heavy (non-hydrogen) atoms. The van der Waals surface area contributed by atoms with Gasteiger partial charge in [-0.15, -0.1) is 11.3 Å². The van der Waals surface area contributed by atoms with Crippen molar-refractivity contribution in [3.05, 3.63) is 82.2 Å². The number of carbonyl (C=O) groups excluding carboxylic acids is 2. The Morgan fingerprint density at radius 2 is 1.76 bits per heavy atom. The maximum Gasteiger partial charge on any atom is 0.264 e. The normalized spacial score (nSPS) is 11.1. The number of nitrogens with one attached hydrogen (secondary N) is 1. The van der Waals surface area contributed by atoms with Gasteiger partial charge in [-0.1, -0.05) is 44.2 Å². The zero-order valence-corrected chi connectivity index (χ0v) is 23.2. The molecule has 0 saturated carbocycles. The second-order valence-electron chi connectivity index (χ2n) is 9.67. The van der Waals surface area contributed by atoms with Crippen molar-refractivity contribution in [3.63, 3.8) is 0 Å². The summed E-state index contributed by atoms with van der Waals surface area (Å²) in [7, 11) is 3.20. The van der Waals surface area contributed by atoms with Gasteiger partial charge < -0.3 is 24.3 Å². The van der Waals surface area contributed by atoms with Crippen LogP contribution in [0, 0.1) is 5.92 Å². The zero-order chi connectivity index (χ0) is 27.1. The Morgan fingerprint density at radius 1 is 0.974 bits per heavy atom. The van der Waals surface area contributed by atoms with Crippen molar-refractivity contribution >= 4 is 34.1 Å². The van der Waals surface area contributed by atoms with Crippen molar-refractivity contribution in [1.82, 2.24) is 14.8 Å². The Labute approximate surface area is 228 Å². The van der Waals surface area contributed by atoms with Crippen LogP contribution < -0.4 is 9.47 Å². The third-order valence-corrected chi connectivity index (χ3v) is 7.29. The van der Waals surface area contributed by atoms with E-state index in [1.54, 1.807) is 19.1 Å². The van der Waals surface area contributed by atoms with Crippen LogP contribution in [0.1, 0.15) is 34.6 Å². The first kappa shape index (κ1) is 27.3. The monoisotopic (exact) mass is 533 g/mol. The number of hydrogen-bond acceptors (Lipinski definition) is 5. The molecule has 0 aliphatic rings. The average Bonchev–Trinajstić information content (AvgIpc) is 3.60. The van der Waals surface area contributed by atoms with E-state index in [1.165, 1.54) is 11.3 Å². The van der Waals surface area contributed by atoms with Gasteiger partial charge in [0.2, 0.25) is 5.91 Å². The molecule has 0 radical (unpaired) electrons. The molecule has 0 atom stereocenters. The van der Waals surface area contributed by atoms with E-state index in [1.807, 2.05) is 65.0 Å². The summed E-state index contributed by atoms with van der Waals surface area (Å²) >= 11 is 1.40. The molecule has 0 aliphatic heterocycles. The van der Waals surface area contributed by atoms with Gasteiger partial charge in [0.25, 0.3) is 5.91 Å². The summed E-state index contributed by atoms with van der Waals surface area (Å²) in [6.07, 6.45) is 2.70. The standard InChI is InChI=1S/C30H35N3O4S/c1-21(2)18-33(30(35)28-10-7-15-38-28)20-29(34)32(19-22-11-12-26(36-3)27(16-22)37-4)14-13-23-17-31-25-9-6-5-8-24(23)25/h5-12,15-17,21,31H,13-14,18-20H2,1-4H3. The second kappa shape index (κ2) is 12.6. The van der Waals surface area contributed by atoms with E-state index in [9.17, 15) is 9.59 Å². The summed E-state index contributed by atoms with van der Waals surface area (Å²) in [5.41, 5.74) is 3.15. The number of thiophene rings is 1. The van der Waals surface area contributed by atoms with E-state index in [4.69, 9.17) is 9.47 Å². The first-order valence-electron chi connectivity index (χ1n) is 12.8. The zero-order valence-electron chi connectivity index (χ0n) is 22.4. The number of para-hydroxylation sites is 1. The molecule has 8 heteroatoms. The lowest BCUT2D eigenvalue weighted by Crippen LogP contribution is -2.44. The Morgan fingerprint density at radius 3 is 2.47 bits per heavy atom. The van der Waals surface area contributed by atoms with Crippen LogP contribution in [0.25, 0.3) is 10.9 Å². The van der Waals surface area contributed by atoms with E-state index < -0.39 is 0 Å². The second-order valence-corrected chi connectivity index (χ2v) is 10.6. The van der Waals surface area contributed by atoms with Crippen molar-refractivity contribution in [2.45, 2.75) is 26.8 Å². The van der Waals surface area contributed by atoms with Gasteiger partial charge in [-0.3, -0.25) is 9.59 Å². The van der Waals surface area contributed by atoms with Gasteiger partial charge in [-0.2, -0.15) is 0 Å². The van der Waals surface area contributed by atoms with Gasteiger partial charge in [0, 0.05) is 36.7 Å². The van der Waals surface area contributed by atoms with Crippen molar-refractivity contribution in [3.8, 4) is 11.5 Å². The fourth-order valence-electron chi connectivity index (χ4n) is 4.56. The largest absolute Gasteiger partial charge is 0.493 e. The van der Waals surface area contributed by atoms with Crippen LogP contribution in [-0.2, 0) is 17.8 Å². The van der Waals surface area contributed by atoms with Gasteiger partial charge in [-0.25, -0.2) is 0 Å². The van der Waals surface area contributed by atoms with Gasteiger partial charge in [-0.05, 0) is 53.1 Å². The molecule has 1 N–H and O–H groups in total. The van der Waals surface area contributed by atoms with Crippen molar-refractivity contribution in [2.24, 2.45) is 5.92 Å². The highest BCUT2D eigenvalue weighted by Gasteiger charge is 2.24. The molecule has 2 aromatic carbocycles. The number of aromatic nitrogens is 1. The third kappa shape index (κ3) is 6.55. The maximum absolute atomic E-state index is 13.8. The Balaban J connectivity index is 1.58. The predicted octanol–water partition coefficient (Wildman–Crippen LogP) is 5.62. The van der Waals surface area contributed by atoms with Crippen molar-refractivity contribution < 1.29 is 19.1 Å². The summed E-state index contributed by atoms with van der Waals surface area (Å²) in [5.74, 6) is 1.29. The van der Waals surface area contributed by atoms with Crippen LogP contribution in [-0.4, -0.2) is 60.5 Å². The van der Waals surface area contributed by atoms with Gasteiger partial charge in [0.05, 0.1) is 19.1 Å². The van der Waals surface area contributed by atoms with Crippen molar-refractivity contribution in [1.29, 1.82) is 0 Å². The van der Waals surface area contributed by atoms with Crippen LogP contribution in [0.4, 0.5) is 0 Å². The molecule has 0 aliphatic carbocycles. The lowest BCUT2D eigenvalue weighted by molar-refractivity contribution is -0.132. The molecule has 0 unspecified atom stereocenters. The number of benzene rings is 2. The highest BCUT2D eigenvalue weighted by molar-refractivity contribution is 7.12. The van der Waals surface area contributed by atoms with Crippen LogP contribution in [0.5, 0.6) is 11.5 Å². The smallest absolute Gasteiger partial charge is 0.264 e. The highest BCUT2D eigenvalue weighted by Crippen LogP contribution is 2.28. The summed E-state index contributed by atoms with van der Waals surface area (Å²) in [6, 6.07) is 17.5. The predicted molar refractivity (Wildman–Crippen MR) is 152 cm³/mol. The fraction of sp³-hybridized carbons (Fsp3) is 0.333. The number of hydrogen-bond donors (Lipinski definition) is 1. The molecule has 2 heterocycles. The first-order chi connectivity index (χ1) is 18.4. The van der Waals surface area contributed by atoms with E-state index >= 15 is 0 Å². The van der Waals surface area contributed by atoms with E-state index in [-0.39, 0.29) is 24.3 Å². The minimum Gasteiger partial charge on any atom is -0.493 e. The SMILES string of the molecule is COc1ccc(CN(CCc2c[nH]c3ccccc23)C(=O)CN(CC(C)C)C(=O)c2cccs2)cc1OC. The highest BCUT2D eigenvalue weighted by atomic mass is 32.1. The van der Waals surface area contributed by atoms with Gasteiger partial charge >= 0.3 is 0 Å². The number of H-pyrrole nitrogens is 1. The number of rotatable bonds is 12. The lowest BCUT2D eigenvalue weighted by atomic mass is 10.1. The number of amides is 2.